The zero-order valence-electron chi connectivity index (χ0n) is 13.8. The van der Waals surface area contributed by atoms with E-state index in [4.69, 9.17) is 21.6 Å². The highest BCUT2D eigenvalue weighted by Gasteiger charge is 2.12. The lowest BCUT2D eigenvalue weighted by Crippen LogP contribution is -1.97. The topological polar surface area (TPSA) is 33.0 Å². The van der Waals surface area contributed by atoms with Crippen molar-refractivity contribution in [3.05, 3.63) is 52.8 Å². The molecule has 0 bridgehead atoms. The molecule has 0 saturated carbocycles. The van der Waals surface area contributed by atoms with E-state index in [-0.39, 0.29) is 10.6 Å². The lowest BCUT2D eigenvalue weighted by Gasteiger charge is -2.09. The number of halogens is 2. The summed E-state index contributed by atoms with van der Waals surface area (Å²) in [6, 6.07) is 11.8. The summed E-state index contributed by atoms with van der Waals surface area (Å²) in [6.45, 7) is 2.88. The molecule has 0 radical (unpaired) electrons. The summed E-state index contributed by atoms with van der Waals surface area (Å²) < 4.78 is 19.9. The van der Waals surface area contributed by atoms with Crippen molar-refractivity contribution in [2.24, 2.45) is 0 Å². The normalized spacial score (nSPS) is 10.4. The summed E-state index contributed by atoms with van der Waals surface area (Å²) in [4.78, 5) is 0. The van der Waals surface area contributed by atoms with Gasteiger partial charge in [0.1, 0.15) is 11.6 Å². The highest BCUT2D eigenvalue weighted by Crippen LogP contribution is 2.32. The maximum atomic E-state index is 14.2. The van der Waals surface area contributed by atoms with Crippen molar-refractivity contribution in [3.8, 4) is 22.9 Å². The van der Waals surface area contributed by atoms with Gasteiger partial charge in [-0.25, -0.2) is 4.39 Å². The Bertz CT molecular complexity index is 684. The lowest BCUT2D eigenvalue weighted by atomic mass is 10.0. The van der Waals surface area contributed by atoms with Crippen LogP contribution in [0.25, 0.3) is 11.1 Å². The first-order chi connectivity index (χ1) is 11.7. The van der Waals surface area contributed by atoms with Crippen molar-refractivity contribution in [1.82, 2.24) is 0 Å². The number of hydrogen-bond acceptors (Lipinski definition) is 2. The molecule has 0 spiro atoms. The van der Waals surface area contributed by atoms with Crippen molar-refractivity contribution in [1.29, 1.82) is 5.26 Å². The van der Waals surface area contributed by atoms with Crippen molar-refractivity contribution >= 4 is 11.6 Å². The molecule has 126 valence electrons. The van der Waals surface area contributed by atoms with Crippen molar-refractivity contribution < 1.29 is 9.13 Å². The van der Waals surface area contributed by atoms with Gasteiger partial charge in [-0.1, -0.05) is 56.3 Å². The van der Waals surface area contributed by atoms with Crippen LogP contribution in [0.1, 0.15) is 44.6 Å². The van der Waals surface area contributed by atoms with Crippen LogP contribution in [0.2, 0.25) is 5.02 Å². The Morgan fingerprint density at radius 2 is 1.79 bits per heavy atom. The second kappa shape index (κ2) is 9.30. The predicted molar refractivity (Wildman–Crippen MR) is 95.8 cm³/mol. The first kappa shape index (κ1) is 18.3. The number of unbranched alkanes of at least 4 members (excludes halogenated alkanes) is 4. The molecule has 2 rings (SSSR count). The zero-order valence-corrected chi connectivity index (χ0v) is 14.6. The molecule has 0 N–H and O–H groups in total. The van der Waals surface area contributed by atoms with Gasteiger partial charge >= 0.3 is 0 Å². The van der Waals surface area contributed by atoms with Gasteiger partial charge < -0.3 is 4.74 Å². The molecule has 0 aliphatic heterocycles. The van der Waals surface area contributed by atoms with Crippen LogP contribution in [-0.4, -0.2) is 6.61 Å². The molecule has 0 aliphatic carbocycles. The fourth-order valence-electron chi connectivity index (χ4n) is 2.53. The standard InChI is InChI=1S/C20H21ClFNO/c1-2-3-4-5-6-11-24-17-9-7-16(8-10-17)20-18(21)12-15(14-23)13-19(20)22/h7-10,12-13H,2-6,11H2,1H3. The van der Waals surface area contributed by atoms with Gasteiger partial charge in [-0.15, -0.1) is 0 Å². The molecule has 2 nitrogen and oxygen atoms in total. The Labute approximate surface area is 147 Å². The highest BCUT2D eigenvalue weighted by molar-refractivity contribution is 6.33. The summed E-state index contributed by atoms with van der Waals surface area (Å²) in [6.07, 6.45) is 5.97. The van der Waals surface area contributed by atoms with Gasteiger partial charge in [0.05, 0.1) is 23.3 Å². The third kappa shape index (κ3) is 4.97. The first-order valence-electron chi connectivity index (χ1n) is 8.28. The largest absolute Gasteiger partial charge is 0.494 e. The second-order valence-corrected chi connectivity index (χ2v) is 6.12. The maximum absolute atomic E-state index is 14.2. The van der Waals surface area contributed by atoms with E-state index in [0.717, 1.165) is 12.2 Å². The Balaban J connectivity index is 1.99. The van der Waals surface area contributed by atoms with Gasteiger partial charge in [0.15, 0.2) is 0 Å². The Morgan fingerprint density at radius 1 is 1.08 bits per heavy atom. The van der Waals surface area contributed by atoms with Crippen LogP contribution in [-0.2, 0) is 0 Å². The van der Waals surface area contributed by atoms with Crippen LogP contribution in [0.4, 0.5) is 4.39 Å². The molecule has 0 aliphatic rings. The molecule has 0 amide bonds. The van der Waals surface area contributed by atoms with E-state index in [1.807, 2.05) is 18.2 Å². The third-order valence-electron chi connectivity index (χ3n) is 3.83. The van der Waals surface area contributed by atoms with Crippen LogP contribution in [0.5, 0.6) is 5.75 Å². The number of hydrogen-bond donors (Lipinski definition) is 0. The fourth-order valence-corrected chi connectivity index (χ4v) is 2.84. The van der Waals surface area contributed by atoms with E-state index >= 15 is 0 Å². The Morgan fingerprint density at radius 3 is 2.42 bits per heavy atom. The van der Waals surface area contributed by atoms with Crippen LogP contribution >= 0.6 is 11.6 Å². The SMILES string of the molecule is CCCCCCCOc1ccc(-c2c(F)cc(C#N)cc2Cl)cc1. The molecule has 0 aromatic heterocycles. The first-order valence-corrected chi connectivity index (χ1v) is 8.66. The smallest absolute Gasteiger partial charge is 0.133 e. The summed E-state index contributed by atoms with van der Waals surface area (Å²) in [5, 5.41) is 9.08. The molecular formula is C20H21ClFNO. The molecule has 0 unspecified atom stereocenters. The van der Waals surface area contributed by atoms with Crippen molar-refractivity contribution in [2.75, 3.05) is 6.61 Å². The van der Waals surface area contributed by atoms with Crippen molar-refractivity contribution in [3.63, 3.8) is 0 Å². The molecule has 0 atom stereocenters. The average molecular weight is 346 g/mol. The van der Waals surface area contributed by atoms with Gasteiger partial charge in [0, 0.05) is 5.56 Å². The van der Waals surface area contributed by atoms with E-state index in [0.29, 0.717) is 17.7 Å². The maximum Gasteiger partial charge on any atom is 0.133 e. The van der Waals surface area contributed by atoms with E-state index in [2.05, 4.69) is 6.92 Å². The fraction of sp³-hybridized carbons (Fsp3) is 0.350. The number of benzene rings is 2. The number of nitriles is 1. The number of nitrogens with zero attached hydrogens (tertiary/aromatic N) is 1. The van der Waals surface area contributed by atoms with Gasteiger partial charge in [-0.05, 0) is 36.2 Å². The lowest BCUT2D eigenvalue weighted by molar-refractivity contribution is 0.304. The molecule has 0 heterocycles. The van der Waals surface area contributed by atoms with Crippen LogP contribution in [0, 0.1) is 17.1 Å². The average Bonchev–Trinajstić information content (AvgIpc) is 2.58. The van der Waals surface area contributed by atoms with Gasteiger partial charge in [0.25, 0.3) is 0 Å². The molecule has 2 aromatic rings. The van der Waals surface area contributed by atoms with Gasteiger partial charge in [0.2, 0.25) is 0 Å². The molecule has 0 saturated heterocycles. The van der Waals surface area contributed by atoms with Crippen molar-refractivity contribution in [2.45, 2.75) is 39.0 Å². The van der Waals surface area contributed by atoms with Crippen LogP contribution in [0.3, 0.4) is 0 Å². The van der Waals surface area contributed by atoms with Gasteiger partial charge in [-0.2, -0.15) is 5.26 Å². The number of rotatable bonds is 8. The minimum Gasteiger partial charge on any atom is -0.494 e. The minimum absolute atomic E-state index is 0.212. The Kier molecular flexibility index (Phi) is 7.08. The summed E-state index contributed by atoms with van der Waals surface area (Å²) in [5.41, 5.74) is 1.18. The van der Waals surface area contributed by atoms with Crippen LogP contribution in [0.15, 0.2) is 36.4 Å². The third-order valence-corrected chi connectivity index (χ3v) is 4.13. The van der Waals surface area contributed by atoms with E-state index < -0.39 is 5.82 Å². The van der Waals surface area contributed by atoms with Crippen LogP contribution < -0.4 is 4.74 Å². The summed E-state index contributed by atoms with van der Waals surface area (Å²) in [5.74, 6) is 0.267. The van der Waals surface area contributed by atoms with E-state index in [1.54, 1.807) is 12.1 Å². The van der Waals surface area contributed by atoms with E-state index in [9.17, 15) is 4.39 Å². The molecule has 2 aromatic carbocycles. The van der Waals surface area contributed by atoms with E-state index in [1.165, 1.54) is 37.8 Å². The zero-order chi connectivity index (χ0) is 17.4. The Hall–Kier alpha value is -2.05. The number of ether oxygens (including phenoxy) is 1. The highest BCUT2D eigenvalue weighted by atomic mass is 35.5. The molecular weight excluding hydrogens is 325 g/mol. The molecule has 0 fully saturated rings. The minimum atomic E-state index is -0.497. The second-order valence-electron chi connectivity index (χ2n) is 5.71. The molecule has 24 heavy (non-hydrogen) atoms. The predicted octanol–water partition coefficient (Wildman–Crippen LogP) is 6.37. The monoisotopic (exact) mass is 345 g/mol. The van der Waals surface area contributed by atoms with Gasteiger partial charge in [-0.3, -0.25) is 0 Å². The quantitative estimate of drug-likeness (QED) is 0.521. The molecule has 4 heteroatoms. The summed E-state index contributed by atoms with van der Waals surface area (Å²) in [7, 11) is 0. The summed E-state index contributed by atoms with van der Waals surface area (Å²) >= 11 is 6.11.